The number of carbonyl (C=O) groups excluding carboxylic acids is 4. The molecule has 0 spiro atoms. The molecule has 5 unspecified atom stereocenters. The maximum atomic E-state index is 13.1. The van der Waals surface area contributed by atoms with Crippen LogP contribution in [0.1, 0.15) is 323 Å². The molecule has 0 aliphatic heterocycles. The van der Waals surface area contributed by atoms with Crippen LogP contribution >= 0.6 is 15.6 Å². The van der Waals surface area contributed by atoms with Crippen LogP contribution in [0.5, 0.6) is 0 Å². The molecule has 0 saturated heterocycles. The van der Waals surface area contributed by atoms with Gasteiger partial charge in [0.25, 0.3) is 0 Å². The minimum Gasteiger partial charge on any atom is -0.462 e. The minimum atomic E-state index is -5.00. The molecular formula is C87H146O17P2. The molecule has 17 nitrogen and oxygen atoms in total. The smallest absolute Gasteiger partial charge is 0.462 e. The van der Waals surface area contributed by atoms with Crippen LogP contribution in [0.3, 0.4) is 0 Å². The van der Waals surface area contributed by atoms with E-state index in [9.17, 15) is 43.2 Å². The van der Waals surface area contributed by atoms with Crippen LogP contribution in [0.4, 0.5) is 0 Å². The van der Waals surface area contributed by atoms with Crippen LogP contribution in [-0.2, 0) is 65.4 Å². The Morgan fingerprint density at radius 1 is 0.274 bits per heavy atom. The van der Waals surface area contributed by atoms with Gasteiger partial charge in [-0.25, -0.2) is 9.13 Å². The SMILES string of the molecule is CC/C=C\C/C=C\C/C=C\C/C=C\C/C=C\CCCC(=O)OCC(COP(=O)(O)OCC(O)COP(=O)(O)OCC(COC(=O)CCCCCCCC/C=C\C/C=C\C/C=C\CCCCC)OC(=O)CCCCCCC/C=C\CCCCCCCC)OC(=O)CCCCCCC/C=C\C/C=C\C/C=C\CC. The number of hydrogen-bond donors (Lipinski definition) is 3. The number of phosphoric ester groups is 2. The fourth-order valence-electron chi connectivity index (χ4n) is 10.6. The van der Waals surface area contributed by atoms with E-state index in [1.807, 2.05) is 12.2 Å². The summed E-state index contributed by atoms with van der Waals surface area (Å²) in [5.74, 6) is -2.28. The van der Waals surface area contributed by atoms with Crippen molar-refractivity contribution >= 4 is 39.5 Å². The van der Waals surface area contributed by atoms with Gasteiger partial charge < -0.3 is 33.8 Å². The highest BCUT2D eigenvalue weighted by atomic mass is 31.2. The minimum absolute atomic E-state index is 0.0588. The first-order chi connectivity index (χ1) is 51.7. The second kappa shape index (κ2) is 78.1. The van der Waals surface area contributed by atoms with Gasteiger partial charge in [0.15, 0.2) is 12.2 Å². The Hall–Kier alpha value is -5.06. The molecule has 0 aromatic carbocycles. The molecule has 0 fully saturated rings. The van der Waals surface area contributed by atoms with Gasteiger partial charge in [-0.2, -0.15) is 0 Å². The predicted octanol–water partition coefficient (Wildman–Crippen LogP) is 24.2. The largest absolute Gasteiger partial charge is 0.472 e. The number of ether oxygens (including phenoxy) is 4. The van der Waals surface area contributed by atoms with Crippen LogP contribution in [0.15, 0.2) is 146 Å². The molecule has 0 saturated carbocycles. The normalized spacial score (nSPS) is 14.6. The fourth-order valence-corrected chi connectivity index (χ4v) is 12.1. The second-order valence-corrected chi connectivity index (χ2v) is 29.8. The third-order valence-electron chi connectivity index (χ3n) is 16.8. The van der Waals surface area contributed by atoms with E-state index in [-0.39, 0.29) is 25.7 Å². The number of unbranched alkanes of at least 4 members (excludes halogenated alkanes) is 26. The average Bonchev–Trinajstić information content (AvgIpc) is 0.928. The summed E-state index contributed by atoms with van der Waals surface area (Å²) < 4.78 is 68.6. The Morgan fingerprint density at radius 3 is 0.821 bits per heavy atom. The Bertz CT molecular complexity index is 2580. The van der Waals surface area contributed by atoms with Crippen LogP contribution < -0.4 is 0 Å². The van der Waals surface area contributed by atoms with E-state index in [4.69, 9.17) is 37.0 Å². The van der Waals surface area contributed by atoms with Gasteiger partial charge in [-0.1, -0.05) is 283 Å². The van der Waals surface area contributed by atoms with Crippen molar-refractivity contribution in [3.05, 3.63) is 146 Å². The number of carbonyl (C=O) groups is 4. The molecule has 106 heavy (non-hydrogen) atoms. The second-order valence-electron chi connectivity index (χ2n) is 26.9. The molecule has 0 aliphatic rings. The molecule has 0 bridgehead atoms. The van der Waals surface area contributed by atoms with E-state index >= 15 is 0 Å². The molecule has 0 rings (SSSR count). The van der Waals surface area contributed by atoms with Gasteiger partial charge in [0.1, 0.15) is 19.3 Å². The van der Waals surface area contributed by atoms with Gasteiger partial charge in [0.2, 0.25) is 0 Å². The highest BCUT2D eigenvalue weighted by Gasteiger charge is 2.30. The molecule has 5 atom stereocenters. The summed E-state index contributed by atoms with van der Waals surface area (Å²) in [7, 11) is -9.99. The van der Waals surface area contributed by atoms with Gasteiger partial charge in [-0.05, 0) is 161 Å². The predicted molar refractivity (Wildman–Crippen MR) is 436 cm³/mol. The summed E-state index contributed by atoms with van der Waals surface area (Å²) in [6.45, 7) is 4.52. The Kier molecular flexibility index (Phi) is 74.3. The van der Waals surface area contributed by atoms with Crippen molar-refractivity contribution in [2.75, 3.05) is 39.6 Å². The molecule has 0 aromatic rings. The van der Waals surface area contributed by atoms with Gasteiger partial charge in [-0.3, -0.25) is 37.3 Å². The number of hydrogen-bond acceptors (Lipinski definition) is 15. The van der Waals surface area contributed by atoms with Crippen molar-refractivity contribution in [1.29, 1.82) is 0 Å². The maximum absolute atomic E-state index is 13.1. The van der Waals surface area contributed by atoms with E-state index < -0.39 is 97.5 Å². The summed E-state index contributed by atoms with van der Waals surface area (Å²) in [6.07, 6.45) is 89.7. The van der Waals surface area contributed by atoms with Gasteiger partial charge >= 0.3 is 39.5 Å². The fraction of sp³-hybridized carbons (Fsp3) is 0.678. The topological polar surface area (TPSA) is 237 Å². The van der Waals surface area contributed by atoms with Crippen LogP contribution in [0.25, 0.3) is 0 Å². The summed E-state index contributed by atoms with van der Waals surface area (Å²) in [5, 5.41) is 10.7. The van der Waals surface area contributed by atoms with Gasteiger partial charge in [-0.15, -0.1) is 0 Å². The van der Waals surface area contributed by atoms with Crippen LogP contribution in [-0.4, -0.2) is 96.7 Å². The molecule has 0 heterocycles. The first-order valence-corrected chi connectivity index (χ1v) is 44.1. The standard InChI is InChI=1S/C87H146O17P2/c1-5-9-13-17-21-25-29-33-37-39-40-42-46-48-52-56-60-64-68-72-85(90)98-78-83(104-87(92)74-70-66-62-58-54-50-44-36-32-28-24-20-16-12-8-4)80-102-106(95,96)100-76-81(88)75-99-105(93,94)101-79-82(103-86(91)73-69-65-61-57-53-49-43-35-31-27-23-19-15-11-7-3)77-97-84(89)71-67-63-59-55-51-47-45-41-38-34-30-26-22-18-14-10-6-2/h10-11,14-15,21-23,25-27,33-38,40,42-45,47,55,59,81-83,88H,5-9,12-13,16-20,24,28-32,39,41,46,48-54,56-58,60-80H2,1-4H3,(H,93,94)(H,95,96)/b14-10-,15-11-,25-21-,26-22-,27-23-,37-33-,38-34-,42-40-,43-35-,44-36-,47-45-,59-55-. The van der Waals surface area contributed by atoms with E-state index in [1.54, 1.807) is 0 Å². The van der Waals surface area contributed by atoms with E-state index in [0.29, 0.717) is 32.1 Å². The lowest BCUT2D eigenvalue weighted by Gasteiger charge is -2.21. The quantitative estimate of drug-likeness (QED) is 0.0169. The zero-order chi connectivity index (χ0) is 77.4. The third kappa shape index (κ3) is 77.1. The zero-order valence-electron chi connectivity index (χ0n) is 66.3. The summed E-state index contributed by atoms with van der Waals surface area (Å²) in [5.41, 5.74) is 0. The molecule has 3 N–H and O–H groups in total. The lowest BCUT2D eigenvalue weighted by molar-refractivity contribution is -0.161. The highest BCUT2D eigenvalue weighted by molar-refractivity contribution is 7.47. The monoisotopic (exact) mass is 1530 g/mol. The van der Waals surface area contributed by atoms with Crippen molar-refractivity contribution in [1.82, 2.24) is 0 Å². The summed E-state index contributed by atoms with van der Waals surface area (Å²) >= 11 is 0. The Labute approximate surface area is 643 Å². The molecule has 0 aromatic heterocycles. The lowest BCUT2D eigenvalue weighted by atomic mass is 10.1. The van der Waals surface area contributed by atoms with Crippen molar-refractivity contribution in [3.63, 3.8) is 0 Å². The number of phosphoric acid groups is 2. The van der Waals surface area contributed by atoms with Crippen molar-refractivity contribution in [3.8, 4) is 0 Å². The van der Waals surface area contributed by atoms with Crippen molar-refractivity contribution < 1.29 is 80.2 Å². The molecule has 606 valence electrons. The number of aliphatic hydroxyl groups is 1. The number of aliphatic hydroxyl groups excluding tert-OH is 1. The molecular weight excluding hydrogens is 1380 g/mol. The number of allylic oxidation sites excluding steroid dienone is 24. The van der Waals surface area contributed by atoms with E-state index in [2.05, 4.69) is 161 Å². The first kappa shape index (κ1) is 101. The molecule has 0 aliphatic carbocycles. The number of rotatable bonds is 76. The summed E-state index contributed by atoms with van der Waals surface area (Å²) in [6, 6.07) is 0. The molecule has 0 amide bonds. The summed E-state index contributed by atoms with van der Waals surface area (Å²) in [4.78, 5) is 73.1. The molecule has 0 radical (unpaired) electrons. The van der Waals surface area contributed by atoms with Crippen LogP contribution in [0.2, 0.25) is 0 Å². The third-order valence-corrected chi connectivity index (χ3v) is 18.7. The first-order valence-electron chi connectivity index (χ1n) is 41.1. The van der Waals surface area contributed by atoms with Crippen molar-refractivity contribution in [2.45, 2.75) is 341 Å². The average molecular weight is 1530 g/mol. The Balaban J connectivity index is 5.44. The number of esters is 4. The van der Waals surface area contributed by atoms with Crippen LogP contribution in [0, 0.1) is 0 Å². The van der Waals surface area contributed by atoms with E-state index in [0.717, 1.165) is 180 Å². The highest BCUT2D eigenvalue weighted by Crippen LogP contribution is 2.45. The van der Waals surface area contributed by atoms with Crippen molar-refractivity contribution in [2.24, 2.45) is 0 Å². The zero-order valence-corrected chi connectivity index (χ0v) is 68.1. The molecule has 19 heteroatoms. The van der Waals surface area contributed by atoms with Gasteiger partial charge in [0.05, 0.1) is 26.4 Å². The van der Waals surface area contributed by atoms with E-state index in [1.165, 1.54) is 57.8 Å². The lowest BCUT2D eigenvalue weighted by Crippen LogP contribution is -2.30. The Morgan fingerprint density at radius 2 is 0.500 bits per heavy atom. The maximum Gasteiger partial charge on any atom is 0.472 e. The van der Waals surface area contributed by atoms with Gasteiger partial charge in [0, 0.05) is 25.7 Å².